The van der Waals surface area contributed by atoms with Gasteiger partial charge in [0, 0.05) is 6.07 Å². The van der Waals surface area contributed by atoms with Crippen molar-refractivity contribution in [2.75, 3.05) is 11.5 Å². The van der Waals surface area contributed by atoms with Gasteiger partial charge in [0.1, 0.15) is 10.8 Å². The second-order valence-corrected chi connectivity index (χ2v) is 4.62. The van der Waals surface area contributed by atoms with E-state index in [0.717, 1.165) is 22.9 Å². The number of hydrogen-bond acceptors (Lipinski definition) is 3. The lowest BCUT2D eigenvalue weighted by Gasteiger charge is -2.02. The van der Waals surface area contributed by atoms with Crippen molar-refractivity contribution in [3.63, 3.8) is 0 Å². The van der Waals surface area contributed by atoms with E-state index in [1.165, 1.54) is 0 Å². The summed E-state index contributed by atoms with van der Waals surface area (Å²) in [6.45, 7) is 2.16. The highest BCUT2D eigenvalue weighted by Crippen LogP contribution is 2.22. The highest BCUT2D eigenvalue weighted by molar-refractivity contribution is 7.99. The van der Waals surface area contributed by atoms with Gasteiger partial charge in [0.05, 0.1) is 5.69 Å². The molecule has 2 aromatic rings. The normalized spacial score (nSPS) is 10.6. The van der Waals surface area contributed by atoms with Crippen molar-refractivity contribution in [3.05, 3.63) is 36.4 Å². The molecule has 1 heterocycles. The predicted molar refractivity (Wildman–Crippen MR) is 69.0 cm³/mol. The molecule has 3 nitrogen and oxygen atoms in total. The number of nitrogens with two attached hydrogens (primary N) is 1. The molecule has 0 spiro atoms. The quantitative estimate of drug-likeness (QED) is 0.826. The molecule has 0 fully saturated rings. The number of aromatic nitrogens is 2. The van der Waals surface area contributed by atoms with E-state index in [-0.39, 0.29) is 0 Å². The largest absolute Gasteiger partial charge is 0.384 e. The molecular formula is C12H15N3S. The van der Waals surface area contributed by atoms with Gasteiger partial charge in [-0.05, 0) is 24.3 Å². The molecule has 0 radical (unpaired) electrons. The maximum atomic E-state index is 5.93. The molecule has 0 amide bonds. The molecule has 0 saturated carbocycles. The van der Waals surface area contributed by atoms with Crippen LogP contribution in [-0.4, -0.2) is 15.5 Å². The average molecular weight is 233 g/mol. The van der Waals surface area contributed by atoms with E-state index >= 15 is 0 Å². The molecule has 16 heavy (non-hydrogen) atoms. The molecule has 2 rings (SSSR count). The number of para-hydroxylation sites is 1. The van der Waals surface area contributed by atoms with E-state index in [4.69, 9.17) is 5.73 Å². The Morgan fingerprint density at radius 1 is 1.31 bits per heavy atom. The monoisotopic (exact) mass is 233 g/mol. The van der Waals surface area contributed by atoms with Crippen molar-refractivity contribution in [1.29, 1.82) is 0 Å². The maximum absolute atomic E-state index is 5.93. The standard InChI is InChI=1S/C12H15N3S/c1-2-8-16-12-9-11(13)15(14-12)10-6-4-3-5-7-10/h3-7,9H,2,8,13H2,1H3. The number of anilines is 1. The summed E-state index contributed by atoms with van der Waals surface area (Å²) in [6.07, 6.45) is 1.14. The van der Waals surface area contributed by atoms with Gasteiger partial charge in [0.2, 0.25) is 0 Å². The Kier molecular flexibility index (Phi) is 3.51. The minimum Gasteiger partial charge on any atom is -0.384 e. The lowest BCUT2D eigenvalue weighted by atomic mass is 10.3. The molecule has 0 atom stereocenters. The van der Waals surface area contributed by atoms with Crippen LogP contribution in [0.2, 0.25) is 0 Å². The zero-order valence-corrected chi connectivity index (χ0v) is 10.1. The molecule has 0 aliphatic rings. The van der Waals surface area contributed by atoms with Gasteiger partial charge < -0.3 is 5.73 Å². The van der Waals surface area contributed by atoms with Gasteiger partial charge in [-0.1, -0.05) is 25.1 Å². The van der Waals surface area contributed by atoms with Gasteiger partial charge in [-0.2, -0.15) is 5.10 Å². The van der Waals surface area contributed by atoms with E-state index in [1.54, 1.807) is 16.4 Å². The Morgan fingerprint density at radius 3 is 2.75 bits per heavy atom. The fraction of sp³-hybridized carbons (Fsp3) is 0.250. The van der Waals surface area contributed by atoms with Crippen molar-refractivity contribution < 1.29 is 0 Å². The Balaban J connectivity index is 2.25. The number of benzene rings is 1. The third-order valence-electron chi connectivity index (χ3n) is 2.17. The fourth-order valence-electron chi connectivity index (χ4n) is 1.43. The summed E-state index contributed by atoms with van der Waals surface area (Å²) in [4.78, 5) is 0. The third-order valence-corrected chi connectivity index (χ3v) is 3.28. The van der Waals surface area contributed by atoms with E-state index < -0.39 is 0 Å². The SMILES string of the molecule is CCCSc1cc(N)n(-c2ccccc2)n1. The van der Waals surface area contributed by atoms with Crippen LogP contribution in [0.25, 0.3) is 5.69 Å². The molecular weight excluding hydrogens is 218 g/mol. The Labute approximate surface area is 99.7 Å². The first kappa shape index (κ1) is 11.1. The Hall–Kier alpha value is -1.42. The van der Waals surface area contributed by atoms with Gasteiger partial charge in [-0.3, -0.25) is 0 Å². The van der Waals surface area contributed by atoms with Crippen LogP contribution < -0.4 is 5.73 Å². The van der Waals surface area contributed by atoms with Crippen LogP contribution in [-0.2, 0) is 0 Å². The van der Waals surface area contributed by atoms with E-state index in [2.05, 4.69) is 12.0 Å². The van der Waals surface area contributed by atoms with Crippen LogP contribution in [0.1, 0.15) is 13.3 Å². The van der Waals surface area contributed by atoms with Crippen LogP contribution in [0.4, 0.5) is 5.82 Å². The van der Waals surface area contributed by atoms with Crippen LogP contribution in [0.5, 0.6) is 0 Å². The topological polar surface area (TPSA) is 43.8 Å². The van der Waals surface area contributed by atoms with Crippen molar-refractivity contribution >= 4 is 17.6 Å². The van der Waals surface area contributed by atoms with Crippen molar-refractivity contribution in [2.45, 2.75) is 18.4 Å². The molecule has 0 aliphatic heterocycles. The van der Waals surface area contributed by atoms with E-state index in [9.17, 15) is 0 Å². The second-order valence-electron chi connectivity index (χ2n) is 3.50. The van der Waals surface area contributed by atoms with E-state index in [1.807, 2.05) is 36.4 Å². The molecule has 84 valence electrons. The summed E-state index contributed by atoms with van der Waals surface area (Å²) in [5.74, 6) is 1.76. The van der Waals surface area contributed by atoms with Crippen LogP contribution in [0.3, 0.4) is 0 Å². The molecule has 0 unspecified atom stereocenters. The summed E-state index contributed by atoms with van der Waals surface area (Å²) in [5.41, 5.74) is 6.94. The molecule has 4 heteroatoms. The number of hydrogen-bond donors (Lipinski definition) is 1. The first-order valence-electron chi connectivity index (χ1n) is 5.35. The summed E-state index contributed by atoms with van der Waals surface area (Å²) in [7, 11) is 0. The first-order valence-corrected chi connectivity index (χ1v) is 6.33. The lowest BCUT2D eigenvalue weighted by Crippen LogP contribution is -2.00. The van der Waals surface area contributed by atoms with E-state index in [0.29, 0.717) is 5.82 Å². The number of thioether (sulfide) groups is 1. The third kappa shape index (κ3) is 2.39. The Morgan fingerprint density at radius 2 is 2.06 bits per heavy atom. The van der Waals surface area contributed by atoms with Gasteiger partial charge in [0.15, 0.2) is 0 Å². The predicted octanol–water partition coefficient (Wildman–Crippen LogP) is 2.96. The van der Waals surface area contributed by atoms with Crippen molar-refractivity contribution in [3.8, 4) is 5.69 Å². The summed E-state index contributed by atoms with van der Waals surface area (Å²) >= 11 is 1.74. The van der Waals surface area contributed by atoms with Crippen LogP contribution in [0.15, 0.2) is 41.4 Å². The molecule has 1 aromatic carbocycles. The molecule has 2 N–H and O–H groups in total. The molecule has 0 aliphatic carbocycles. The van der Waals surface area contributed by atoms with Gasteiger partial charge in [-0.15, -0.1) is 11.8 Å². The van der Waals surface area contributed by atoms with Gasteiger partial charge in [-0.25, -0.2) is 4.68 Å². The number of rotatable bonds is 4. The smallest absolute Gasteiger partial charge is 0.128 e. The fourth-order valence-corrected chi connectivity index (χ4v) is 2.18. The average Bonchev–Trinajstić information content (AvgIpc) is 2.69. The van der Waals surface area contributed by atoms with Crippen LogP contribution >= 0.6 is 11.8 Å². The summed E-state index contributed by atoms with van der Waals surface area (Å²) in [6, 6.07) is 11.9. The van der Waals surface area contributed by atoms with Crippen LogP contribution in [0, 0.1) is 0 Å². The number of nitrogen functional groups attached to an aromatic ring is 1. The molecule has 1 aromatic heterocycles. The first-order chi connectivity index (χ1) is 7.81. The van der Waals surface area contributed by atoms with Gasteiger partial charge in [0.25, 0.3) is 0 Å². The molecule has 0 bridgehead atoms. The minimum absolute atomic E-state index is 0.685. The minimum atomic E-state index is 0.685. The van der Waals surface area contributed by atoms with Gasteiger partial charge >= 0.3 is 0 Å². The van der Waals surface area contributed by atoms with Crippen molar-refractivity contribution in [2.24, 2.45) is 0 Å². The Bertz CT molecular complexity index is 451. The van der Waals surface area contributed by atoms with Crippen molar-refractivity contribution in [1.82, 2.24) is 9.78 Å². The summed E-state index contributed by atoms with van der Waals surface area (Å²) < 4.78 is 1.78. The maximum Gasteiger partial charge on any atom is 0.128 e. The zero-order chi connectivity index (χ0) is 11.4. The lowest BCUT2D eigenvalue weighted by molar-refractivity contribution is 0.845. The second kappa shape index (κ2) is 5.07. The molecule has 0 saturated heterocycles. The summed E-state index contributed by atoms with van der Waals surface area (Å²) in [5, 5.41) is 5.46. The highest BCUT2D eigenvalue weighted by atomic mass is 32.2. The zero-order valence-electron chi connectivity index (χ0n) is 9.26. The highest BCUT2D eigenvalue weighted by Gasteiger charge is 2.06. The number of nitrogens with zero attached hydrogens (tertiary/aromatic N) is 2.